The molecule has 0 spiro atoms. The van der Waals surface area contributed by atoms with Gasteiger partial charge in [0.05, 0.1) is 13.1 Å². The van der Waals surface area contributed by atoms with Gasteiger partial charge in [0.25, 0.3) is 0 Å². The van der Waals surface area contributed by atoms with Crippen molar-refractivity contribution in [2.24, 2.45) is 4.99 Å². The van der Waals surface area contributed by atoms with Gasteiger partial charge in [-0.05, 0) is 19.1 Å². The van der Waals surface area contributed by atoms with E-state index in [1.807, 2.05) is 23.0 Å². The third-order valence-electron chi connectivity index (χ3n) is 3.90. The zero-order valence-corrected chi connectivity index (χ0v) is 16.8. The van der Waals surface area contributed by atoms with E-state index in [4.69, 9.17) is 4.99 Å². The molecular formula is C16H25IN8. The molecule has 0 atom stereocenters. The maximum atomic E-state index is 4.73. The van der Waals surface area contributed by atoms with Crippen molar-refractivity contribution in [1.82, 2.24) is 30.0 Å². The van der Waals surface area contributed by atoms with Crippen LogP contribution < -0.4 is 10.2 Å². The minimum absolute atomic E-state index is 0. The molecule has 1 saturated heterocycles. The smallest absolute Gasteiger partial charge is 0.225 e. The molecule has 3 heterocycles. The Morgan fingerprint density at radius 1 is 1.12 bits per heavy atom. The Morgan fingerprint density at radius 2 is 1.88 bits per heavy atom. The first-order valence-electron chi connectivity index (χ1n) is 8.39. The number of nitrogens with zero attached hydrogens (tertiary/aromatic N) is 7. The number of guanidine groups is 1. The van der Waals surface area contributed by atoms with E-state index in [9.17, 15) is 0 Å². The number of anilines is 1. The lowest BCUT2D eigenvalue weighted by molar-refractivity contribution is 0.369. The van der Waals surface area contributed by atoms with E-state index in [1.165, 1.54) is 0 Å². The van der Waals surface area contributed by atoms with Crippen molar-refractivity contribution in [2.45, 2.75) is 13.5 Å². The molecule has 3 rings (SSSR count). The maximum absolute atomic E-state index is 4.73. The summed E-state index contributed by atoms with van der Waals surface area (Å²) in [5.74, 6) is 1.77. The lowest BCUT2D eigenvalue weighted by Gasteiger charge is -2.36. The van der Waals surface area contributed by atoms with Gasteiger partial charge >= 0.3 is 0 Å². The predicted octanol–water partition coefficient (Wildman–Crippen LogP) is 1.08. The van der Waals surface area contributed by atoms with Crippen molar-refractivity contribution in [3.8, 4) is 0 Å². The topological polar surface area (TPSA) is 74.5 Å². The van der Waals surface area contributed by atoms with Crippen molar-refractivity contribution in [3.05, 3.63) is 36.9 Å². The highest BCUT2D eigenvalue weighted by Gasteiger charge is 2.20. The molecule has 1 aliphatic heterocycles. The van der Waals surface area contributed by atoms with Crippen LogP contribution in [0.5, 0.6) is 0 Å². The summed E-state index contributed by atoms with van der Waals surface area (Å²) in [6.07, 6.45) is 7.33. The molecule has 9 heteroatoms. The van der Waals surface area contributed by atoms with Crippen molar-refractivity contribution in [3.63, 3.8) is 0 Å². The molecule has 25 heavy (non-hydrogen) atoms. The molecule has 0 radical (unpaired) electrons. The second-order valence-electron chi connectivity index (χ2n) is 5.53. The van der Waals surface area contributed by atoms with Gasteiger partial charge in [-0.2, -0.15) is 5.10 Å². The number of nitrogens with one attached hydrogen (secondary N) is 1. The highest BCUT2D eigenvalue weighted by Crippen LogP contribution is 2.09. The number of hydrogen-bond donors (Lipinski definition) is 1. The van der Waals surface area contributed by atoms with Gasteiger partial charge in [0.15, 0.2) is 5.96 Å². The van der Waals surface area contributed by atoms with Crippen LogP contribution in [0.3, 0.4) is 0 Å². The molecule has 2 aromatic heterocycles. The summed E-state index contributed by atoms with van der Waals surface area (Å²) in [7, 11) is 0. The van der Waals surface area contributed by atoms with Crippen LogP contribution >= 0.6 is 24.0 Å². The largest absolute Gasteiger partial charge is 0.357 e. The number of rotatable bonds is 5. The fourth-order valence-electron chi connectivity index (χ4n) is 2.69. The van der Waals surface area contributed by atoms with Gasteiger partial charge in [0.1, 0.15) is 0 Å². The molecule has 2 aromatic rings. The van der Waals surface area contributed by atoms with Crippen LogP contribution in [0.1, 0.15) is 6.92 Å². The number of hydrogen-bond acceptors (Lipinski definition) is 5. The first-order valence-corrected chi connectivity index (χ1v) is 8.39. The van der Waals surface area contributed by atoms with Crippen molar-refractivity contribution in [1.29, 1.82) is 0 Å². The molecule has 0 bridgehead atoms. The molecule has 0 aromatic carbocycles. The Balaban J connectivity index is 0.00000225. The third kappa shape index (κ3) is 5.55. The van der Waals surface area contributed by atoms with Gasteiger partial charge in [-0.15, -0.1) is 24.0 Å². The molecule has 0 amide bonds. The number of halogens is 1. The average Bonchev–Trinajstić information content (AvgIpc) is 3.15. The minimum atomic E-state index is 0. The highest BCUT2D eigenvalue weighted by molar-refractivity contribution is 14.0. The quantitative estimate of drug-likeness (QED) is 0.413. The Hall–Kier alpha value is -1.91. The van der Waals surface area contributed by atoms with Crippen LogP contribution in [0.15, 0.2) is 41.9 Å². The monoisotopic (exact) mass is 456 g/mol. The van der Waals surface area contributed by atoms with Gasteiger partial charge in [-0.25, -0.2) is 9.97 Å². The van der Waals surface area contributed by atoms with Gasteiger partial charge in [0, 0.05) is 57.5 Å². The van der Waals surface area contributed by atoms with E-state index in [2.05, 4.69) is 37.1 Å². The van der Waals surface area contributed by atoms with Gasteiger partial charge in [-0.3, -0.25) is 9.67 Å². The summed E-state index contributed by atoms with van der Waals surface area (Å²) < 4.78 is 1.90. The molecule has 1 fully saturated rings. The summed E-state index contributed by atoms with van der Waals surface area (Å²) in [5, 5.41) is 7.59. The second kappa shape index (κ2) is 10.2. The van der Waals surface area contributed by atoms with Crippen LogP contribution in [0.2, 0.25) is 0 Å². The molecule has 136 valence electrons. The Kier molecular flexibility index (Phi) is 7.89. The van der Waals surface area contributed by atoms with E-state index >= 15 is 0 Å². The molecule has 8 nitrogen and oxygen atoms in total. The zero-order valence-electron chi connectivity index (χ0n) is 14.5. The summed E-state index contributed by atoms with van der Waals surface area (Å²) in [6, 6.07) is 3.77. The summed E-state index contributed by atoms with van der Waals surface area (Å²) in [4.78, 5) is 17.9. The molecule has 0 unspecified atom stereocenters. The summed E-state index contributed by atoms with van der Waals surface area (Å²) in [6.45, 7) is 8.07. The minimum Gasteiger partial charge on any atom is -0.357 e. The lowest BCUT2D eigenvalue weighted by Crippen LogP contribution is -2.53. The number of aromatic nitrogens is 4. The normalized spacial score (nSPS) is 15.0. The molecule has 0 saturated carbocycles. The zero-order chi connectivity index (χ0) is 16.6. The van der Waals surface area contributed by atoms with E-state index in [0.29, 0.717) is 6.54 Å². The van der Waals surface area contributed by atoms with Crippen LogP contribution in [0.4, 0.5) is 5.95 Å². The standard InChI is InChI=1S/C16H24N8.HI/c1-2-17-15(20-8-10-24-9-4-7-21-24)22-11-13-23(14-12-22)16-18-5-3-6-19-16;/h3-7,9H,2,8,10-14H2,1H3,(H,17,20);1H. The third-order valence-corrected chi connectivity index (χ3v) is 3.90. The second-order valence-corrected chi connectivity index (χ2v) is 5.53. The first kappa shape index (κ1) is 19.4. The number of piperazine rings is 1. The van der Waals surface area contributed by atoms with Crippen LogP contribution in [0, 0.1) is 0 Å². The fourth-order valence-corrected chi connectivity index (χ4v) is 2.69. The average molecular weight is 456 g/mol. The maximum Gasteiger partial charge on any atom is 0.225 e. The van der Waals surface area contributed by atoms with Gasteiger partial charge in [-0.1, -0.05) is 0 Å². The van der Waals surface area contributed by atoms with E-state index < -0.39 is 0 Å². The highest BCUT2D eigenvalue weighted by atomic mass is 127. The van der Waals surface area contributed by atoms with Crippen LogP contribution in [-0.2, 0) is 6.54 Å². The van der Waals surface area contributed by atoms with Crippen molar-refractivity contribution in [2.75, 3.05) is 44.2 Å². The van der Waals surface area contributed by atoms with Crippen LogP contribution in [-0.4, -0.2) is 69.9 Å². The van der Waals surface area contributed by atoms with E-state index in [1.54, 1.807) is 18.6 Å². The summed E-state index contributed by atoms with van der Waals surface area (Å²) >= 11 is 0. The Labute approximate surface area is 165 Å². The van der Waals surface area contributed by atoms with Crippen molar-refractivity contribution >= 4 is 35.9 Å². The van der Waals surface area contributed by atoms with E-state index in [0.717, 1.165) is 51.2 Å². The molecule has 1 N–H and O–H groups in total. The summed E-state index contributed by atoms with van der Waals surface area (Å²) in [5.41, 5.74) is 0. The van der Waals surface area contributed by atoms with Gasteiger partial charge < -0.3 is 15.1 Å². The molecule has 0 aliphatic carbocycles. The fraction of sp³-hybridized carbons (Fsp3) is 0.500. The predicted molar refractivity (Wildman–Crippen MR) is 109 cm³/mol. The Morgan fingerprint density at radius 3 is 2.52 bits per heavy atom. The van der Waals surface area contributed by atoms with Crippen molar-refractivity contribution < 1.29 is 0 Å². The molecular weight excluding hydrogens is 431 g/mol. The SMILES string of the molecule is CCNC(=NCCn1cccn1)N1CCN(c2ncccn2)CC1.I. The molecule has 1 aliphatic rings. The van der Waals surface area contributed by atoms with Gasteiger partial charge in [0.2, 0.25) is 5.95 Å². The lowest BCUT2D eigenvalue weighted by atomic mass is 10.3. The first-order chi connectivity index (χ1) is 11.9. The van der Waals surface area contributed by atoms with Crippen LogP contribution in [0.25, 0.3) is 0 Å². The van der Waals surface area contributed by atoms with E-state index in [-0.39, 0.29) is 24.0 Å². The Bertz CT molecular complexity index is 623. The number of aliphatic imine (C=N–C) groups is 1.